The highest BCUT2D eigenvalue weighted by Gasteiger charge is 2.11. The van der Waals surface area contributed by atoms with Gasteiger partial charge in [-0.25, -0.2) is 4.98 Å². The van der Waals surface area contributed by atoms with Crippen LogP contribution in [0.5, 0.6) is 5.75 Å². The molecule has 0 unspecified atom stereocenters. The van der Waals surface area contributed by atoms with E-state index in [0.717, 1.165) is 46.5 Å². The van der Waals surface area contributed by atoms with E-state index in [-0.39, 0.29) is 5.91 Å². The van der Waals surface area contributed by atoms with Crippen molar-refractivity contribution in [3.05, 3.63) is 93.7 Å². The summed E-state index contributed by atoms with van der Waals surface area (Å²) in [5.74, 6) is 1.89. The maximum Gasteiger partial charge on any atom is 0.251 e. The molecule has 0 fully saturated rings. The maximum atomic E-state index is 12.4. The van der Waals surface area contributed by atoms with Crippen LogP contribution in [0.4, 0.5) is 0 Å². The Morgan fingerprint density at radius 2 is 1.82 bits per heavy atom. The number of amides is 1. The number of aromatic nitrogens is 2. The van der Waals surface area contributed by atoms with E-state index in [4.69, 9.17) is 9.72 Å². The fraction of sp³-hybridized carbons (Fsp3) is 0.286. The zero-order chi connectivity index (χ0) is 23.9. The number of ether oxygens (including phenoxy) is 1. The van der Waals surface area contributed by atoms with E-state index < -0.39 is 0 Å². The Hall–Kier alpha value is -3.12. The summed E-state index contributed by atoms with van der Waals surface area (Å²) in [6.07, 6.45) is 2.62. The third-order valence-corrected chi connectivity index (χ3v) is 6.38. The first-order valence-electron chi connectivity index (χ1n) is 11.7. The summed E-state index contributed by atoms with van der Waals surface area (Å²) in [5, 5.41) is 3.02. The molecule has 0 bridgehead atoms. The van der Waals surface area contributed by atoms with Crippen LogP contribution in [0.15, 0.2) is 71.2 Å². The fourth-order valence-corrected chi connectivity index (χ4v) is 4.24. The quantitative estimate of drug-likeness (QED) is 0.252. The minimum atomic E-state index is -0.0706. The fourth-order valence-electron chi connectivity index (χ4n) is 3.97. The van der Waals surface area contributed by atoms with Crippen LogP contribution < -0.4 is 10.1 Å². The molecule has 3 aromatic carbocycles. The zero-order valence-electron chi connectivity index (χ0n) is 19.7. The number of fused-ring (bicyclic) bond motifs is 1. The largest absolute Gasteiger partial charge is 0.493 e. The topological polar surface area (TPSA) is 56.1 Å². The average molecular weight is 520 g/mol. The molecule has 0 aliphatic heterocycles. The lowest BCUT2D eigenvalue weighted by atomic mass is 10.1. The Morgan fingerprint density at radius 3 is 2.65 bits per heavy atom. The number of carbonyl (C=O) groups is 1. The van der Waals surface area contributed by atoms with E-state index in [1.54, 1.807) is 0 Å². The van der Waals surface area contributed by atoms with Crippen LogP contribution in [0.1, 0.15) is 40.2 Å². The third kappa shape index (κ3) is 6.06. The number of para-hydroxylation sites is 2. The molecule has 176 valence electrons. The van der Waals surface area contributed by atoms with Crippen molar-refractivity contribution in [2.75, 3.05) is 13.2 Å². The lowest BCUT2D eigenvalue weighted by Crippen LogP contribution is -2.26. The first kappa shape index (κ1) is 24.0. The SMILES string of the molecule is Cc1ccc(C)c(OCCCCn2c(CCNC(=O)c3ccc(Br)cc3)nc3ccccc32)c1. The van der Waals surface area contributed by atoms with Gasteiger partial charge in [-0.1, -0.05) is 40.2 Å². The van der Waals surface area contributed by atoms with Crippen LogP contribution in [0.2, 0.25) is 0 Å². The van der Waals surface area contributed by atoms with Crippen molar-refractivity contribution >= 4 is 32.9 Å². The minimum absolute atomic E-state index is 0.0706. The number of halogens is 1. The van der Waals surface area contributed by atoms with E-state index in [1.165, 1.54) is 11.1 Å². The highest BCUT2D eigenvalue weighted by molar-refractivity contribution is 9.10. The summed E-state index contributed by atoms with van der Waals surface area (Å²) < 4.78 is 9.25. The Bertz CT molecular complexity index is 1260. The molecule has 4 rings (SSSR count). The van der Waals surface area contributed by atoms with Gasteiger partial charge in [-0.15, -0.1) is 0 Å². The van der Waals surface area contributed by atoms with Crippen molar-refractivity contribution in [2.45, 2.75) is 39.7 Å². The number of aryl methyl sites for hydroxylation is 3. The number of carbonyl (C=O) groups excluding carboxylic acids is 1. The average Bonchev–Trinajstić information content (AvgIpc) is 3.18. The Kier molecular flexibility index (Phi) is 8.01. The molecule has 0 atom stereocenters. The predicted octanol–water partition coefficient (Wildman–Crippen LogP) is 6.25. The van der Waals surface area contributed by atoms with Crippen molar-refractivity contribution in [3.63, 3.8) is 0 Å². The number of benzene rings is 3. The first-order chi connectivity index (χ1) is 16.5. The lowest BCUT2D eigenvalue weighted by Gasteiger charge is -2.12. The van der Waals surface area contributed by atoms with E-state index in [1.807, 2.05) is 42.5 Å². The Balaban J connectivity index is 1.33. The summed E-state index contributed by atoms with van der Waals surface area (Å²) in [6.45, 7) is 6.25. The molecule has 0 radical (unpaired) electrons. The summed E-state index contributed by atoms with van der Waals surface area (Å²) in [4.78, 5) is 17.3. The van der Waals surface area contributed by atoms with Crippen molar-refractivity contribution in [1.29, 1.82) is 0 Å². The number of hydrogen-bond donors (Lipinski definition) is 1. The van der Waals surface area contributed by atoms with Gasteiger partial charge in [0.25, 0.3) is 5.91 Å². The third-order valence-electron chi connectivity index (χ3n) is 5.85. The Labute approximate surface area is 209 Å². The van der Waals surface area contributed by atoms with Gasteiger partial charge < -0.3 is 14.6 Å². The number of nitrogens with zero attached hydrogens (tertiary/aromatic N) is 2. The minimum Gasteiger partial charge on any atom is -0.493 e. The molecular formula is C28H30BrN3O2. The Morgan fingerprint density at radius 1 is 1.03 bits per heavy atom. The lowest BCUT2D eigenvalue weighted by molar-refractivity contribution is 0.0954. The second-order valence-corrected chi connectivity index (χ2v) is 9.42. The van der Waals surface area contributed by atoms with Crippen molar-refractivity contribution in [1.82, 2.24) is 14.9 Å². The molecule has 0 spiro atoms. The van der Waals surface area contributed by atoms with E-state index in [2.05, 4.69) is 63.9 Å². The molecule has 0 aliphatic carbocycles. The molecule has 1 N–H and O–H groups in total. The smallest absolute Gasteiger partial charge is 0.251 e. The molecule has 0 aliphatic rings. The monoisotopic (exact) mass is 519 g/mol. The van der Waals surface area contributed by atoms with Gasteiger partial charge in [0.2, 0.25) is 0 Å². The van der Waals surface area contributed by atoms with Crippen LogP contribution in [-0.2, 0) is 13.0 Å². The molecule has 1 aromatic heterocycles. The van der Waals surface area contributed by atoms with E-state index >= 15 is 0 Å². The van der Waals surface area contributed by atoms with Gasteiger partial charge in [0.05, 0.1) is 17.6 Å². The number of hydrogen-bond acceptors (Lipinski definition) is 3. The molecular weight excluding hydrogens is 490 g/mol. The summed E-state index contributed by atoms with van der Waals surface area (Å²) in [6, 6.07) is 21.9. The highest BCUT2D eigenvalue weighted by Crippen LogP contribution is 2.20. The molecule has 0 saturated heterocycles. The van der Waals surface area contributed by atoms with E-state index in [0.29, 0.717) is 25.1 Å². The van der Waals surface area contributed by atoms with Gasteiger partial charge in [-0.05, 0) is 80.3 Å². The van der Waals surface area contributed by atoms with Crippen LogP contribution in [0.3, 0.4) is 0 Å². The number of unbranched alkanes of at least 4 members (excludes halogenated alkanes) is 1. The number of nitrogens with one attached hydrogen (secondary N) is 1. The molecule has 4 aromatic rings. The number of rotatable bonds is 10. The van der Waals surface area contributed by atoms with Crippen LogP contribution in [0.25, 0.3) is 11.0 Å². The van der Waals surface area contributed by atoms with Gasteiger partial charge in [0.15, 0.2) is 0 Å². The van der Waals surface area contributed by atoms with Gasteiger partial charge >= 0.3 is 0 Å². The van der Waals surface area contributed by atoms with Crippen molar-refractivity contribution in [2.24, 2.45) is 0 Å². The van der Waals surface area contributed by atoms with Crippen molar-refractivity contribution in [3.8, 4) is 5.75 Å². The number of imidazole rings is 1. The van der Waals surface area contributed by atoms with Gasteiger partial charge in [0.1, 0.15) is 11.6 Å². The second kappa shape index (κ2) is 11.3. The highest BCUT2D eigenvalue weighted by atomic mass is 79.9. The van der Waals surface area contributed by atoms with Gasteiger partial charge in [0, 0.05) is 29.5 Å². The summed E-state index contributed by atoms with van der Waals surface area (Å²) in [7, 11) is 0. The first-order valence-corrected chi connectivity index (χ1v) is 12.5. The van der Waals surface area contributed by atoms with Crippen LogP contribution in [-0.4, -0.2) is 28.6 Å². The summed E-state index contributed by atoms with van der Waals surface area (Å²) >= 11 is 3.40. The van der Waals surface area contributed by atoms with Gasteiger partial charge in [-0.3, -0.25) is 4.79 Å². The van der Waals surface area contributed by atoms with Crippen LogP contribution in [0, 0.1) is 13.8 Å². The van der Waals surface area contributed by atoms with Crippen LogP contribution >= 0.6 is 15.9 Å². The molecule has 34 heavy (non-hydrogen) atoms. The normalized spacial score (nSPS) is 11.0. The standard InChI is InChI=1S/C28H30BrN3O2/c1-20-9-10-21(2)26(19-20)34-18-6-5-17-32-25-8-4-3-7-24(25)31-27(32)15-16-30-28(33)22-11-13-23(29)14-12-22/h3-4,7-14,19H,5-6,15-18H2,1-2H3,(H,30,33). The predicted molar refractivity (Wildman–Crippen MR) is 141 cm³/mol. The van der Waals surface area contributed by atoms with Crippen molar-refractivity contribution < 1.29 is 9.53 Å². The second-order valence-electron chi connectivity index (χ2n) is 8.51. The molecule has 6 heteroatoms. The molecule has 0 saturated carbocycles. The zero-order valence-corrected chi connectivity index (χ0v) is 21.3. The molecule has 5 nitrogen and oxygen atoms in total. The molecule has 1 heterocycles. The van der Waals surface area contributed by atoms with E-state index in [9.17, 15) is 4.79 Å². The maximum absolute atomic E-state index is 12.4. The molecule has 1 amide bonds. The summed E-state index contributed by atoms with van der Waals surface area (Å²) in [5.41, 5.74) is 5.15. The van der Waals surface area contributed by atoms with Gasteiger partial charge in [-0.2, -0.15) is 0 Å².